The average Bonchev–Trinajstić information content (AvgIpc) is 1.77. The van der Waals surface area contributed by atoms with Crippen LogP contribution in [-0.2, 0) is 0 Å². The lowest BCUT2D eigenvalue weighted by atomic mass is 10.0. The molecule has 0 aromatic rings. The van der Waals surface area contributed by atoms with Gasteiger partial charge >= 0.3 is 0 Å². The monoisotopic (exact) mass is 110 g/mol. The second-order valence-electron chi connectivity index (χ2n) is 2.15. The molecule has 0 spiro atoms. The van der Waals surface area contributed by atoms with Crippen molar-refractivity contribution in [3.05, 3.63) is 24.0 Å². The second-order valence-corrected chi connectivity index (χ2v) is 2.15. The number of rotatable bonds is 0. The molecule has 8 heavy (non-hydrogen) atoms. The highest BCUT2D eigenvalue weighted by Gasteiger charge is 2.02. The summed E-state index contributed by atoms with van der Waals surface area (Å²) in [6.07, 6.45) is 4.44. The Bertz CT molecular complexity index is 133. The van der Waals surface area contributed by atoms with Crippen LogP contribution < -0.4 is 0 Å². The molecule has 1 aliphatic rings. The molecule has 0 aromatic heterocycles. The van der Waals surface area contributed by atoms with Crippen LogP contribution in [0.2, 0.25) is 0 Å². The lowest BCUT2D eigenvalue weighted by Gasteiger charge is -2.08. The number of aliphatic hydroxyl groups is 1. The van der Waals surface area contributed by atoms with Crippen LogP contribution in [0, 0.1) is 0 Å². The van der Waals surface area contributed by atoms with Gasteiger partial charge in [0.05, 0.1) is 5.76 Å². The Hall–Kier alpha value is -0.720. The van der Waals surface area contributed by atoms with E-state index in [1.165, 1.54) is 5.57 Å². The molecule has 0 saturated carbocycles. The predicted molar refractivity (Wildman–Crippen MR) is 33.7 cm³/mol. The number of allylic oxidation sites excluding steroid dienone is 3. The van der Waals surface area contributed by atoms with Crippen LogP contribution in [0.15, 0.2) is 24.0 Å². The van der Waals surface area contributed by atoms with Gasteiger partial charge in [-0.05, 0) is 18.9 Å². The molecule has 44 valence electrons. The molecular formula is C7H10O. The topological polar surface area (TPSA) is 20.2 Å². The summed E-state index contributed by atoms with van der Waals surface area (Å²) in [6.45, 7) is 3.79. The summed E-state index contributed by atoms with van der Waals surface area (Å²) in [5.74, 6) is 0.525. The van der Waals surface area contributed by atoms with Crippen LogP contribution in [0.3, 0.4) is 0 Å². The molecule has 0 bridgehead atoms. The SMILES string of the molecule is C=C1CC=C(O)CC1. The third kappa shape index (κ3) is 1.12. The van der Waals surface area contributed by atoms with Gasteiger partial charge in [-0.2, -0.15) is 0 Å². The van der Waals surface area contributed by atoms with Gasteiger partial charge in [0, 0.05) is 6.42 Å². The zero-order valence-electron chi connectivity index (χ0n) is 4.85. The largest absolute Gasteiger partial charge is 0.513 e. The second kappa shape index (κ2) is 2.03. The number of hydrogen-bond acceptors (Lipinski definition) is 1. The summed E-state index contributed by atoms with van der Waals surface area (Å²) in [4.78, 5) is 0. The molecule has 0 amide bonds. The van der Waals surface area contributed by atoms with Gasteiger partial charge in [-0.1, -0.05) is 12.2 Å². The fourth-order valence-electron chi connectivity index (χ4n) is 0.771. The van der Waals surface area contributed by atoms with Gasteiger partial charge in [0.1, 0.15) is 0 Å². The summed E-state index contributed by atoms with van der Waals surface area (Å²) in [7, 11) is 0. The first-order valence-corrected chi connectivity index (χ1v) is 2.83. The maximum Gasteiger partial charge on any atom is 0.0889 e. The molecule has 0 fully saturated rings. The molecular weight excluding hydrogens is 100 g/mol. The minimum atomic E-state index is 0.525. The van der Waals surface area contributed by atoms with Crippen LogP contribution >= 0.6 is 0 Å². The van der Waals surface area contributed by atoms with E-state index in [0.29, 0.717) is 5.76 Å². The highest BCUT2D eigenvalue weighted by atomic mass is 16.3. The Morgan fingerprint density at radius 2 is 2.25 bits per heavy atom. The van der Waals surface area contributed by atoms with Gasteiger partial charge in [0.25, 0.3) is 0 Å². The van der Waals surface area contributed by atoms with Gasteiger partial charge in [-0.3, -0.25) is 0 Å². The molecule has 0 saturated heterocycles. The summed E-state index contributed by atoms with van der Waals surface area (Å²) < 4.78 is 0. The van der Waals surface area contributed by atoms with E-state index in [4.69, 9.17) is 5.11 Å². The van der Waals surface area contributed by atoms with E-state index in [2.05, 4.69) is 6.58 Å². The molecule has 0 heterocycles. The zero-order valence-corrected chi connectivity index (χ0v) is 4.85. The Balaban J connectivity index is 2.55. The van der Waals surface area contributed by atoms with Crippen LogP contribution in [0.4, 0.5) is 0 Å². The summed E-state index contributed by atoms with van der Waals surface area (Å²) in [5.41, 5.74) is 1.22. The summed E-state index contributed by atoms with van der Waals surface area (Å²) >= 11 is 0. The van der Waals surface area contributed by atoms with Gasteiger partial charge in [0.2, 0.25) is 0 Å². The Morgan fingerprint density at radius 1 is 1.50 bits per heavy atom. The first-order chi connectivity index (χ1) is 3.79. The molecule has 0 unspecified atom stereocenters. The quantitative estimate of drug-likeness (QED) is 0.474. The fraction of sp³-hybridized carbons (Fsp3) is 0.429. The maximum atomic E-state index is 8.85. The standard InChI is InChI=1S/C7H10O/c1-6-2-4-7(8)5-3-6/h4,8H,1-3,5H2. The van der Waals surface area contributed by atoms with Crippen LogP contribution in [-0.4, -0.2) is 5.11 Å². The Labute approximate surface area is 49.3 Å². The normalized spacial score (nSPS) is 20.5. The third-order valence-electron chi connectivity index (χ3n) is 1.36. The van der Waals surface area contributed by atoms with Gasteiger partial charge in [-0.25, -0.2) is 0 Å². The molecule has 0 aliphatic heterocycles. The van der Waals surface area contributed by atoms with Crippen molar-refractivity contribution in [2.24, 2.45) is 0 Å². The number of aliphatic hydroxyl groups excluding tert-OH is 1. The smallest absolute Gasteiger partial charge is 0.0889 e. The average molecular weight is 110 g/mol. The first kappa shape index (κ1) is 5.42. The first-order valence-electron chi connectivity index (χ1n) is 2.83. The van der Waals surface area contributed by atoms with Crippen molar-refractivity contribution in [2.75, 3.05) is 0 Å². The van der Waals surface area contributed by atoms with Crippen molar-refractivity contribution in [1.29, 1.82) is 0 Å². The van der Waals surface area contributed by atoms with E-state index in [0.717, 1.165) is 19.3 Å². The van der Waals surface area contributed by atoms with E-state index in [9.17, 15) is 0 Å². The van der Waals surface area contributed by atoms with Crippen molar-refractivity contribution < 1.29 is 5.11 Å². The third-order valence-corrected chi connectivity index (χ3v) is 1.36. The Kier molecular flexibility index (Phi) is 1.38. The predicted octanol–water partition coefficient (Wildman–Crippen LogP) is 2.17. The van der Waals surface area contributed by atoms with E-state index >= 15 is 0 Å². The van der Waals surface area contributed by atoms with E-state index in [1.807, 2.05) is 6.08 Å². The Morgan fingerprint density at radius 3 is 2.62 bits per heavy atom. The van der Waals surface area contributed by atoms with Crippen molar-refractivity contribution in [2.45, 2.75) is 19.3 Å². The molecule has 1 N–H and O–H groups in total. The summed E-state index contributed by atoms with van der Waals surface area (Å²) in [6, 6.07) is 0. The lowest BCUT2D eigenvalue weighted by Crippen LogP contribution is -1.91. The van der Waals surface area contributed by atoms with Crippen LogP contribution in [0.1, 0.15) is 19.3 Å². The molecule has 1 rings (SSSR count). The molecule has 1 heteroatoms. The lowest BCUT2D eigenvalue weighted by molar-refractivity contribution is 0.380. The maximum absolute atomic E-state index is 8.85. The molecule has 0 radical (unpaired) electrons. The fourth-order valence-corrected chi connectivity index (χ4v) is 0.771. The number of hydrogen-bond donors (Lipinski definition) is 1. The minimum absolute atomic E-state index is 0.525. The zero-order chi connectivity index (χ0) is 5.98. The van der Waals surface area contributed by atoms with Crippen LogP contribution in [0.5, 0.6) is 0 Å². The van der Waals surface area contributed by atoms with Crippen molar-refractivity contribution >= 4 is 0 Å². The molecule has 0 atom stereocenters. The van der Waals surface area contributed by atoms with Crippen molar-refractivity contribution in [3.63, 3.8) is 0 Å². The highest BCUT2D eigenvalue weighted by molar-refractivity contribution is 5.11. The van der Waals surface area contributed by atoms with Crippen molar-refractivity contribution in [3.8, 4) is 0 Å². The van der Waals surface area contributed by atoms with Crippen LogP contribution in [0.25, 0.3) is 0 Å². The highest BCUT2D eigenvalue weighted by Crippen LogP contribution is 2.18. The van der Waals surface area contributed by atoms with Gasteiger partial charge in [-0.15, -0.1) is 0 Å². The summed E-state index contributed by atoms with van der Waals surface area (Å²) in [5, 5.41) is 8.85. The molecule has 1 nitrogen and oxygen atoms in total. The van der Waals surface area contributed by atoms with E-state index in [1.54, 1.807) is 0 Å². The van der Waals surface area contributed by atoms with E-state index in [-0.39, 0.29) is 0 Å². The van der Waals surface area contributed by atoms with Crippen molar-refractivity contribution in [1.82, 2.24) is 0 Å². The molecule has 0 aromatic carbocycles. The minimum Gasteiger partial charge on any atom is -0.513 e. The van der Waals surface area contributed by atoms with Gasteiger partial charge < -0.3 is 5.11 Å². The van der Waals surface area contributed by atoms with E-state index < -0.39 is 0 Å². The molecule has 1 aliphatic carbocycles. The van der Waals surface area contributed by atoms with Gasteiger partial charge in [0.15, 0.2) is 0 Å².